The van der Waals surface area contributed by atoms with Crippen LogP contribution in [0.5, 0.6) is 28.7 Å². The minimum Gasteiger partial charge on any atom is -0.505 e. The minimum atomic E-state index is -1.91. The predicted octanol–water partition coefficient (Wildman–Crippen LogP) is 5.08. The zero-order valence-electron chi connectivity index (χ0n) is 79.3. The lowest BCUT2D eigenvalue weighted by Gasteiger charge is -2.26. The summed E-state index contributed by atoms with van der Waals surface area (Å²) in [5.74, 6) is 14.7. The number of nitrogens with two attached hydrogens (primary N) is 1. The molecule has 149 heavy (non-hydrogen) atoms. The van der Waals surface area contributed by atoms with Gasteiger partial charge in [-0.25, -0.2) is 46.7 Å². The van der Waals surface area contributed by atoms with Crippen LogP contribution in [0.4, 0.5) is 47.8 Å². The molecule has 16 N–H and O–H groups in total. The fraction of sp³-hybridized carbons (Fsp3) is 0.223. The van der Waals surface area contributed by atoms with Gasteiger partial charge < -0.3 is 86.0 Å². The van der Waals surface area contributed by atoms with E-state index in [1.54, 1.807) is 96.4 Å². The van der Waals surface area contributed by atoms with Gasteiger partial charge in [0.1, 0.15) is 34.1 Å². The van der Waals surface area contributed by atoms with Gasteiger partial charge in [-0.2, -0.15) is 5.10 Å². The Hall–Kier alpha value is -19.5. The second kappa shape index (κ2) is 38.6. The van der Waals surface area contributed by atoms with E-state index in [9.17, 15) is 99.8 Å². The molecule has 12 heterocycles. The summed E-state index contributed by atoms with van der Waals surface area (Å²) in [4.78, 5) is 217. The van der Waals surface area contributed by atoms with Crippen molar-refractivity contribution in [1.82, 2.24) is 93.6 Å². The molecule has 0 saturated carbocycles. The summed E-state index contributed by atoms with van der Waals surface area (Å²) in [6.07, 6.45) is 0.982. The van der Waals surface area contributed by atoms with Crippen LogP contribution in [0.25, 0.3) is 22.3 Å². The van der Waals surface area contributed by atoms with E-state index in [1.807, 2.05) is 30.4 Å². The predicted molar refractivity (Wildman–Crippen MR) is 515 cm³/mol. The third kappa shape index (κ3) is 18.4. The Balaban J connectivity index is 0.000000130. The number of benzene rings is 8. The Bertz CT molecular complexity index is 7880. The van der Waals surface area contributed by atoms with Crippen LogP contribution in [0.1, 0.15) is 131 Å². The largest absolute Gasteiger partial charge is 0.505 e. The SMILES string of the molecule is COC(=O)c1scc(-c2ccc(C#C[C@]3(CN4Cc5ccc(OC)cc5C4=O)NC(=O)NC3=O)cc2)c1O.COc1ccc2c(c1)C(=O)N(C[C@@]1(C#Cc3ccc(-c4c(N)n[nH]c4C)cc3)NC(=O)NC1=O)C2.COc1ccc2c(c1F)C(=O)N(C[C@@]1(C#Cc3ccc(C4(C)NC(=O)NC4=O)c(F)c3)NC(=O)NC1=O)C2.COc1ccc2c(c1F)C(=O)N(C[C@@]1(C#Cc3ccc4c(c3)C3(CC4)NC(=O)NC3=O)NC(=O)NC1=O)C2. The molecule has 1 spiro atoms. The molecule has 11 aliphatic rings. The number of amides is 22. The summed E-state index contributed by atoms with van der Waals surface area (Å²) < 4.78 is 69.5. The van der Waals surface area contributed by atoms with Crippen LogP contribution in [-0.4, -0.2) is 220 Å². The van der Waals surface area contributed by atoms with E-state index in [1.165, 1.54) is 92.4 Å². The molecule has 6 fully saturated rings. The highest BCUT2D eigenvalue weighted by atomic mass is 32.1. The van der Waals surface area contributed by atoms with Crippen molar-refractivity contribution in [2.24, 2.45) is 0 Å². The monoisotopic (exact) mass is 2040 g/mol. The second-order valence-electron chi connectivity index (χ2n) is 35.7. The van der Waals surface area contributed by atoms with E-state index in [2.05, 4.69) is 121 Å². The van der Waals surface area contributed by atoms with Gasteiger partial charge in [0, 0.05) is 87.3 Å². The van der Waals surface area contributed by atoms with Crippen LogP contribution in [0.15, 0.2) is 151 Å². The number of urea groups is 6. The molecule has 42 nitrogen and oxygen atoms in total. The maximum atomic E-state index is 15.0. The topological polar surface area (TPSA) is 569 Å². The number of ether oxygens (including phenoxy) is 5. The zero-order valence-corrected chi connectivity index (χ0v) is 80.1. The number of nitrogens with one attached hydrogen (secondary N) is 13. The first-order chi connectivity index (χ1) is 71.2. The number of nitrogens with zero attached hydrogens (tertiary/aromatic N) is 5. The smallest absolute Gasteiger partial charge is 0.351 e. The summed E-state index contributed by atoms with van der Waals surface area (Å²) >= 11 is 1.07. The molecule has 2 unspecified atom stereocenters. The molecule has 0 bridgehead atoms. The fourth-order valence-electron chi connectivity index (χ4n) is 18.7. The molecule has 754 valence electrons. The van der Waals surface area contributed by atoms with Crippen LogP contribution >= 0.6 is 11.3 Å². The van der Waals surface area contributed by atoms with E-state index in [-0.39, 0.29) is 95.5 Å². The average molecular weight is 2040 g/mol. The van der Waals surface area contributed by atoms with Crippen molar-refractivity contribution in [3.63, 3.8) is 0 Å². The number of hydrogen-bond acceptors (Lipinski definition) is 26. The van der Waals surface area contributed by atoms with Crippen LogP contribution in [0, 0.1) is 71.7 Å². The normalized spacial score (nSPS) is 21.3. The summed E-state index contributed by atoms with van der Waals surface area (Å²) in [6, 6.07) is 34.9. The fourth-order valence-corrected chi connectivity index (χ4v) is 19.6. The summed E-state index contributed by atoms with van der Waals surface area (Å²) in [5, 5.41) is 47.1. The first kappa shape index (κ1) is 99.6. The molecule has 0 radical (unpaired) electrons. The second-order valence-corrected chi connectivity index (χ2v) is 36.6. The number of aryl methyl sites for hydroxylation is 2. The molecular weight excluding hydrogens is 1960 g/mol. The van der Waals surface area contributed by atoms with Crippen molar-refractivity contribution in [3.8, 4) is 98.4 Å². The Morgan fingerprint density at radius 2 is 0.812 bits per heavy atom. The van der Waals surface area contributed by atoms with Crippen LogP contribution in [0.3, 0.4) is 0 Å². The van der Waals surface area contributed by atoms with Gasteiger partial charge >= 0.3 is 42.2 Å². The quantitative estimate of drug-likeness (QED) is 0.0341. The van der Waals surface area contributed by atoms with Gasteiger partial charge in [0.15, 0.2) is 33.8 Å². The van der Waals surface area contributed by atoms with Crippen LogP contribution in [-0.2, 0) is 77.2 Å². The Kier molecular flexibility index (Phi) is 25.8. The number of aromatic amines is 1. The van der Waals surface area contributed by atoms with Gasteiger partial charge in [-0.15, -0.1) is 11.3 Å². The maximum Gasteiger partial charge on any atom is 0.351 e. The Morgan fingerprint density at radius 1 is 0.423 bits per heavy atom. The third-order valence-electron chi connectivity index (χ3n) is 26.4. The molecule has 1 aliphatic carbocycles. The number of methoxy groups -OCH3 is 5. The standard InChI is InChI=1S/C27H21N3O7S.C26H20FN5O6.C25H19F2N5O6.C25H22N6O4/c1-36-18-8-7-17-12-30(23(32)19(17)11-18)14-27(25(34)28-26(35)29-27)10-9-15-3-5-16(6-4-15)20-13-38-22(21(20)31)24(33)37-2;1-38-17-5-4-15-11-32(20(33)18(15)19(17)27)12-25(21(34)28-23(36)30-25)8-6-13-2-3-14-7-9-26(16(14)10-13)22(35)29-24(37)31-26;1-24(20(34)28-22(36)30-24)14-5-3-12(9-15(14)26)7-8-25(21(35)29-23(37)31-25)11-32-10-13-4-6-16(38-2)18(27)17(13)19(32)33;1-14-20(21(26)30-29-14)16-5-3-15(4-6-16)9-10-25(23(33)27-24(34)28-25)13-31-12-17-7-8-18(35-2)11-19(17)22(31)32/h3-8,11,13,31H,12,14H2,1-2H3,(H2,28,29,34,35);2-5,10H,7,9,11-12H2,1H3,(H2,28,30,34,36)(H2,29,31,35,37);3-6,9H,10-11H2,1-2H3,(H2,28,30,34,36)(H2,29,31,35,37);3-8,11H,12-13H2,1-2H3,(H3,26,29,30)(H2,27,28,33,34)/t27-;25-,26?;24?,25-;25-/m1111/s1. The van der Waals surface area contributed by atoms with Crippen molar-refractivity contribution in [1.29, 1.82) is 0 Å². The number of anilines is 1. The third-order valence-corrected chi connectivity index (χ3v) is 27.4. The zero-order chi connectivity index (χ0) is 106. The van der Waals surface area contributed by atoms with Gasteiger partial charge in [-0.1, -0.05) is 108 Å². The number of halogens is 3. The number of esters is 1. The van der Waals surface area contributed by atoms with E-state index in [0.717, 1.165) is 50.9 Å². The average Bonchev–Trinajstić information content (AvgIpc) is 1.59. The molecule has 46 heteroatoms. The van der Waals surface area contributed by atoms with Crippen LogP contribution < -0.4 is 88.5 Å². The van der Waals surface area contributed by atoms with Crippen molar-refractivity contribution < 1.29 is 123 Å². The highest BCUT2D eigenvalue weighted by Gasteiger charge is 2.56. The maximum absolute atomic E-state index is 15.0. The van der Waals surface area contributed by atoms with E-state index in [0.29, 0.717) is 92.3 Å². The number of thiophene rings is 1. The molecule has 21 rings (SSSR count). The van der Waals surface area contributed by atoms with Crippen molar-refractivity contribution in [2.75, 3.05) is 67.5 Å². The number of hydrogen-bond donors (Lipinski definition) is 15. The minimum absolute atomic E-state index is 0.0117. The lowest BCUT2D eigenvalue weighted by Crippen LogP contribution is -2.54. The number of aromatic hydroxyl groups is 1. The molecule has 10 aromatic rings. The number of imide groups is 6. The lowest BCUT2D eigenvalue weighted by atomic mass is 9.90. The molecule has 22 amide bonds. The van der Waals surface area contributed by atoms with Gasteiger partial charge in [0.25, 0.3) is 59.1 Å². The Labute approximate surface area is 845 Å². The van der Waals surface area contributed by atoms with Gasteiger partial charge in [-0.3, -0.25) is 84.9 Å². The highest BCUT2D eigenvalue weighted by molar-refractivity contribution is 7.12. The van der Waals surface area contributed by atoms with Crippen LogP contribution in [0.2, 0.25) is 0 Å². The molecule has 10 aliphatic heterocycles. The van der Waals surface area contributed by atoms with Gasteiger partial charge in [-0.05, 0) is 156 Å². The summed E-state index contributed by atoms with van der Waals surface area (Å²) in [6.45, 7) is 2.75. The van der Waals surface area contributed by atoms with Crippen molar-refractivity contribution in [2.45, 2.75) is 86.1 Å². The number of rotatable bonds is 16. The van der Waals surface area contributed by atoms with E-state index >= 15 is 0 Å². The number of carbonyl (C=O) groups excluding carboxylic acids is 17. The molecular formula is C103H82F3N19O23S. The van der Waals surface area contributed by atoms with Crippen molar-refractivity contribution >= 4 is 118 Å². The summed E-state index contributed by atoms with van der Waals surface area (Å²) in [7, 11) is 6.83. The number of H-pyrrole nitrogens is 1. The number of nitrogen functional groups attached to an aromatic ring is 1. The first-order valence-electron chi connectivity index (χ1n) is 45.2. The molecule has 2 aromatic heterocycles. The first-order valence-corrected chi connectivity index (χ1v) is 46.0. The number of aromatic nitrogens is 2. The summed E-state index contributed by atoms with van der Waals surface area (Å²) in [5.41, 5.74) is 5.91. The van der Waals surface area contributed by atoms with Gasteiger partial charge in [0.2, 0.25) is 22.2 Å². The molecule has 8 aromatic carbocycles. The highest BCUT2D eigenvalue weighted by Crippen LogP contribution is 2.43. The van der Waals surface area contributed by atoms with Gasteiger partial charge in [0.05, 0.1) is 72.9 Å². The van der Waals surface area contributed by atoms with Crippen molar-refractivity contribution in [3.05, 3.63) is 262 Å². The number of carbonyl (C=O) groups is 17. The lowest BCUT2D eigenvalue weighted by molar-refractivity contribution is -0.124. The Morgan fingerprint density at radius 3 is 1.21 bits per heavy atom. The molecule has 6 saturated heterocycles. The van der Waals surface area contributed by atoms with E-state index in [4.69, 9.17) is 24.7 Å². The number of fused-ring (bicyclic) bond motifs is 6. The molecule has 6 atom stereocenters. The van der Waals surface area contributed by atoms with E-state index < -0.39 is 147 Å².